The van der Waals surface area contributed by atoms with Gasteiger partial charge < -0.3 is 10.5 Å². The Kier molecular flexibility index (Phi) is 5.64. The first-order valence-corrected chi connectivity index (χ1v) is 8.28. The molecule has 106 valence electrons. The quantitative estimate of drug-likeness (QED) is 0.447. The van der Waals surface area contributed by atoms with Gasteiger partial charge in [-0.25, -0.2) is 0 Å². The van der Waals surface area contributed by atoms with Crippen molar-refractivity contribution in [2.75, 3.05) is 18.1 Å². The standard InChI is InChI=1S/C15H15BrClNOS/c1-10-2-4-12(18)9-15(10)20-7-6-19-14-5-3-11(17)8-13(14)16/h2-5,8-9H,6-7,18H2,1H3. The summed E-state index contributed by atoms with van der Waals surface area (Å²) in [5, 5.41) is 0.689. The Labute approximate surface area is 136 Å². The smallest absolute Gasteiger partial charge is 0.133 e. The second kappa shape index (κ2) is 7.25. The molecule has 0 aliphatic carbocycles. The van der Waals surface area contributed by atoms with Gasteiger partial charge in [-0.15, -0.1) is 11.8 Å². The third-order valence-corrected chi connectivity index (χ3v) is 4.68. The number of hydrogen-bond acceptors (Lipinski definition) is 3. The lowest BCUT2D eigenvalue weighted by Gasteiger charge is -2.09. The van der Waals surface area contributed by atoms with Crippen molar-refractivity contribution in [1.82, 2.24) is 0 Å². The minimum absolute atomic E-state index is 0.624. The molecule has 20 heavy (non-hydrogen) atoms. The van der Waals surface area contributed by atoms with E-state index in [1.807, 2.05) is 36.4 Å². The molecule has 0 heterocycles. The van der Waals surface area contributed by atoms with Crippen LogP contribution in [0.1, 0.15) is 5.56 Å². The van der Waals surface area contributed by atoms with Gasteiger partial charge in [0, 0.05) is 21.4 Å². The Morgan fingerprint density at radius 1 is 1.25 bits per heavy atom. The van der Waals surface area contributed by atoms with E-state index in [0.717, 1.165) is 21.7 Å². The highest BCUT2D eigenvalue weighted by atomic mass is 79.9. The summed E-state index contributed by atoms with van der Waals surface area (Å²) in [6.45, 7) is 2.71. The van der Waals surface area contributed by atoms with Crippen molar-refractivity contribution in [2.24, 2.45) is 0 Å². The summed E-state index contributed by atoms with van der Waals surface area (Å²) in [6.07, 6.45) is 0. The van der Waals surface area contributed by atoms with Crippen LogP contribution in [-0.2, 0) is 0 Å². The van der Waals surface area contributed by atoms with E-state index in [2.05, 4.69) is 22.9 Å². The molecule has 2 aromatic carbocycles. The van der Waals surface area contributed by atoms with E-state index in [1.165, 1.54) is 10.5 Å². The lowest BCUT2D eigenvalue weighted by Crippen LogP contribution is -2.01. The number of benzene rings is 2. The van der Waals surface area contributed by atoms with E-state index in [4.69, 9.17) is 22.1 Å². The van der Waals surface area contributed by atoms with Gasteiger partial charge in [-0.1, -0.05) is 17.7 Å². The van der Waals surface area contributed by atoms with E-state index in [-0.39, 0.29) is 0 Å². The van der Waals surface area contributed by atoms with Gasteiger partial charge in [-0.2, -0.15) is 0 Å². The SMILES string of the molecule is Cc1ccc(N)cc1SCCOc1ccc(Cl)cc1Br. The molecule has 0 aromatic heterocycles. The number of hydrogen-bond donors (Lipinski definition) is 1. The minimum Gasteiger partial charge on any atom is -0.492 e. The Bertz CT molecular complexity index is 606. The highest BCUT2D eigenvalue weighted by Gasteiger charge is 2.03. The molecular weight excluding hydrogens is 358 g/mol. The van der Waals surface area contributed by atoms with Crippen LogP contribution < -0.4 is 10.5 Å². The number of nitrogens with two attached hydrogens (primary N) is 1. The number of ether oxygens (including phenoxy) is 1. The predicted molar refractivity (Wildman–Crippen MR) is 91.0 cm³/mol. The van der Waals surface area contributed by atoms with Gasteiger partial charge in [0.15, 0.2) is 0 Å². The monoisotopic (exact) mass is 371 g/mol. The van der Waals surface area contributed by atoms with Gasteiger partial charge in [0.2, 0.25) is 0 Å². The molecule has 0 spiro atoms. The third kappa shape index (κ3) is 4.33. The van der Waals surface area contributed by atoms with E-state index >= 15 is 0 Å². The van der Waals surface area contributed by atoms with E-state index in [1.54, 1.807) is 11.8 Å². The van der Waals surface area contributed by atoms with Crippen LogP contribution in [-0.4, -0.2) is 12.4 Å². The second-order valence-electron chi connectivity index (χ2n) is 4.30. The average molecular weight is 373 g/mol. The fourth-order valence-corrected chi connectivity index (χ4v) is 3.37. The number of thioether (sulfide) groups is 1. The largest absolute Gasteiger partial charge is 0.492 e. The molecule has 2 nitrogen and oxygen atoms in total. The molecule has 0 atom stereocenters. The lowest BCUT2D eigenvalue weighted by atomic mass is 10.2. The van der Waals surface area contributed by atoms with E-state index in [9.17, 15) is 0 Å². The van der Waals surface area contributed by atoms with Crippen molar-refractivity contribution >= 4 is 45.0 Å². The van der Waals surface area contributed by atoms with Crippen LogP contribution in [0, 0.1) is 6.92 Å². The maximum absolute atomic E-state index is 5.89. The molecule has 0 unspecified atom stereocenters. The number of aryl methyl sites for hydroxylation is 1. The van der Waals surface area contributed by atoms with Crippen molar-refractivity contribution in [3.05, 3.63) is 51.5 Å². The minimum atomic E-state index is 0.624. The number of nitrogen functional groups attached to an aromatic ring is 1. The molecule has 0 aliphatic heterocycles. The van der Waals surface area contributed by atoms with Crippen LogP contribution in [0.25, 0.3) is 0 Å². The summed E-state index contributed by atoms with van der Waals surface area (Å²) >= 11 is 11.1. The number of halogens is 2. The molecule has 0 fully saturated rings. The van der Waals surface area contributed by atoms with Gasteiger partial charge in [-0.3, -0.25) is 0 Å². The fourth-order valence-electron chi connectivity index (χ4n) is 1.67. The van der Waals surface area contributed by atoms with Gasteiger partial charge in [0.1, 0.15) is 5.75 Å². The van der Waals surface area contributed by atoms with Crippen molar-refractivity contribution in [1.29, 1.82) is 0 Å². The summed E-state index contributed by atoms with van der Waals surface area (Å²) in [6, 6.07) is 11.5. The molecule has 2 N–H and O–H groups in total. The van der Waals surface area contributed by atoms with Crippen molar-refractivity contribution in [3.8, 4) is 5.75 Å². The molecular formula is C15H15BrClNOS. The third-order valence-electron chi connectivity index (χ3n) is 2.70. The molecule has 0 bridgehead atoms. The first kappa shape index (κ1) is 15.5. The normalized spacial score (nSPS) is 10.6. The highest BCUT2D eigenvalue weighted by molar-refractivity contribution is 9.10. The summed E-state index contributed by atoms with van der Waals surface area (Å²) in [4.78, 5) is 1.20. The summed E-state index contributed by atoms with van der Waals surface area (Å²) in [5.74, 6) is 1.67. The molecule has 0 amide bonds. The van der Waals surface area contributed by atoms with Gasteiger partial charge in [0.05, 0.1) is 11.1 Å². The molecule has 0 radical (unpaired) electrons. The Morgan fingerprint density at radius 2 is 2.05 bits per heavy atom. The Hall–Kier alpha value is -0.840. The zero-order valence-electron chi connectivity index (χ0n) is 11.0. The zero-order chi connectivity index (χ0) is 14.5. The van der Waals surface area contributed by atoms with Crippen LogP contribution in [0.2, 0.25) is 5.02 Å². The second-order valence-corrected chi connectivity index (χ2v) is 6.72. The number of anilines is 1. The molecule has 0 saturated heterocycles. The van der Waals surface area contributed by atoms with Crippen LogP contribution in [0.5, 0.6) is 5.75 Å². The molecule has 2 rings (SSSR count). The summed E-state index contributed by atoms with van der Waals surface area (Å²) in [7, 11) is 0. The van der Waals surface area contributed by atoms with Gasteiger partial charge in [0.25, 0.3) is 0 Å². The first-order valence-electron chi connectivity index (χ1n) is 6.13. The molecule has 2 aromatic rings. The van der Waals surface area contributed by atoms with Crippen LogP contribution in [0.15, 0.2) is 45.8 Å². The maximum Gasteiger partial charge on any atom is 0.133 e. The molecule has 0 aliphatic rings. The molecule has 5 heteroatoms. The zero-order valence-corrected chi connectivity index (χ0v) is 14.2. The topological polar surface area (TPSA) is 35.2 Å². The van der Waals surface area contributed by atoms with Crippen LogP contribution in [0.4, 0.5) is 5.69 Å². The lowest BCUT2D eigenvalue weighted by molar-refractivity contribution is 0.342. The summed E-state index contributed by atoms with van der Waals surface area (Å²) in [5.41, 5.74) is 7.82. The van der Waals surface area contributed by atoms with E-state index in [0.29, 0.717) is 11.6 Å². The first-order chi connectivity index (χ1) is 9.56. The Balaban J connectivity index is 1.86. The van der Waals surface area contributed by atoms with Gasteiger partial charge in [-0.05, 0) is 58.7 Å². The van der Waals surface area contributed by atoms with Crippen molar-refractivity contribution in [3.63, 3.8) is 0 Å². The fraction of sp³-hybridized carbons (Fsp3) is 0.200. The van der Waals surface area contributed by atoms with Crippen molar-refractivity contribution in [2.45, 2.75) is 11.8 Å². The van der Waals surface area contributed by atoms with Gasteiger partial charge >= 0.3 is 0 Å². The summed E-state index contributed by atoms with van der Waals surface area (Å²) < 4.78 is 6.60. The maximum atomic E-state index is 5.89. The number of rotatable bonds is 5. The Morgan fingerprint density at radius 3 is 2.80 bits per heavy atom. The van der Waals surface area contributed by atoms with Crippen LogP contribution in [0.3, 0.4) is 0 Å². The molecule has 0 saturated carbocycles. The average Bonchev–Trinajstić information content (AvgIpc) is 2.40. The van der Waals surface area contributed by atoms with Crippen molar-refractivity contribution < 1.29 is 4.74 Å². The highest BCUT2D eigenvalue weighted by Crippen LogP contribution is 2.29. The predicted octanol–water partition coefficient (Wildman–Crippen LogP) is 5.16. The van der Waals surface area contributed by atoms with E-state index < -0.39 is 0 Å². The van der Waals surface area contributed by atoms with Crippen LogP contribution >= 0.6 is 39.3 Å².